The minimum absolute atomic E-state index is 0.118. The van der Waals surface area contributed by atoms with E-state index >= 15 is 0 Å². The highest BCUT2D eigenvalue weighted by molar-refractivity contribution is 5.70. The van der Waals surface area contributed by atoms with Crippen molar-refractivity contribution < 1.29 is 9.90 Å². The van der Waals surface area contributed by atoms with Crippen molar-refractivity contribution in [2.24, 2.45) is 17.1 Å². The highest BCUT2D eigenvalue weighted by atomic mass is 16.4. The maximum Gasteiger partial charge on any atom is 0.306 e. The Bertz CT molecular complexity index is 217. The molecule has 0 radical (unpaired) electrons. The lowest BCUT2D eigenvalue weighted by Gasteiger charge is -2.26. The standard InChI is InChI=1S/C9H15NO2/c10-7-5-9(7)3-1-2-6(4-9)8(11)12/h6-7H,1-5,10H2,(H,11,12). The number of carboxylic acid groups (broad SMARTS) is 1. The van der Waals surface area contributed by atoms with E-state index in [1.54, 1.807) is 0 Å². The Balaban J connectivity index is 2.00. The molecule has 1 spiro atoms. The third-order valence-corrected chi connectivity index (χ3v) is 3.48. The van der Waals surface area contributed by atoms with Gasteiger partial charge in [0.15, 0.2) is 0 Å². The van der Waals surface area contributed by atoms with Gasteiger partial charge in [-0.2, -0.15) is 0 Å². The molecular weight excluding hydrogens is 154 g/mol. The van der Waals surface area contributed by atoms with E-state index in [9.17, 15) is 4.79 Å². The van der Waals surface area contributed by atoms with E-state index in [0.717, 1.165) is 32.1 Å². The van der Waals surface area contributed by atoms with Crippen molar-refractivity contribution in [3.8, 4) is 0 Å². The normalized spacial score (nSPS) is 46.1. The number of rotatable bonds is 1. The topological polar surface area (TPSA) is 63.3 Å². The van der Waals surface area contributed by atoms with Gasteiger partial charge in [0.1, 0.15) is 0 Å². The first-order chi connectivity index (χ1) is 5.64. The van der Waals surface area contributed by atoms with Gasteiger partial charge in [0.05, 0.1) is 5.92 Å². The Labute approximate surface area is 71.9 Å². The first-order valence-corrected chi connectivity index (χ1v) is 4.62. The van der Waals surface area contributed by atoms with Crippen LogP contribution in [-0.2, 0) is 4.79 Å². The molecule has 0 amide bonds. The molecule has 3 heteroatoms. The van der Waals surface area contributed by atoms with Gasteiger partial charge in [0.2, 0.25) is 0 Å². The number of aliphatic carboxylic acids is 1. The molecule has 3 unspecified atom stereocenters. The average Bonchev–Trinajstić information content (AvgIpc) is 2.61. The van der Waals surface area contributed by atoms with Crippen LogP contribution >= 0.6 is 0 Å². The summed E-state index contributed by atoms with van der Waals surface area (Å²) >= 11 is 0. The summed E-state index contributed by atoms with van der Waals surface area (Å²) in [5, 5.41) is 8.84. The third-order valence-electron chi connectivity index (χ3n) is 3.48. The number of hydrogen-bond donors (Lipinski definition) is 2. The van der Waals surface area contributed by atoms with E-state index in [4.69, 9.17) is 10.8 Å². The van der Waals surface area contributed by atoms with E-state index in [-0.39, 0.29) is 11.3 Å². The van der Waals surface area contributed by atoms with Gasteiger partial charge in [-0.3, -0.25) is 4.79 Å². The SMILES string of the molecule is NC1CC12CCCC(C(=O)O)C2. The molecule has 2 aliphatic rings. The fourth-order valence-corrected chi connectivity index (χ4v) is 2.51. The summed E-state index contributed by atoms with van der Waals surface area (Å²) in [6, 6.07) is 0.291. The molecule has 12 heavy (non-hydrogen) atoms. The first-order valence-electron chi connectivity index (χ1n) is 4.62. The van der Waals surface area contributed by atoms with Crippen molar-refractivity contribution in [3.63, 3.8) is 0 Å². The van der Waals surface area contributed by atoms with Crippen molar-refractivity contribution in [2.75, 3.05) is 0 Å². The summed E-state index contributed by atoms with van der Waals surface area (Å²) in [5.41, 5.74) is 6.04. The second kappa shape index (κ2) is 2.46. The van der Waals surface area contributed by atoms with Crippen molar-refractivity contribution in [1.29, 1.82) is 0 Å². The van der Waals surface area contributed by atoms with Gasteiger partial charge in [-0.1, -0.05) is 6.42 Å². The minimum atomic E-state index is -0.631. The monoisotopic (exact) mass is 169 g/mol. The van der Waals surface area contributed by atoms with E-state index in [0.29, 0.717) is 6.04 Å². The number of nitrogens with two attached hydrogens (primary N) is 1. The lowest BCUT2D eigenvalue weighted by Crippen LogP contribution is -2.27. The quantitative estimate of drug-likeness (QED) is 0.615. The van der Waals surface area contributed by atoms with Crippen LogP contribution in [0.15, 0.2) is 0 Å². The predicted molar refractivity (Wildman–Crippen MR) is 44.6 cm³/mol. The van der Waals surface area contributed by atoms with Crippen LogP contribution in [-0.4, -0.2) is 17.1 Å². The van der Waals surface area contributed by atoms with Crippen molar-refractivity contribution in [2.45, 2.75) is 38.1 Å². The summed E-state index contributed by atoms with van der Waals surface area (Å²) in [6.07, 6.45) is 4.92. The van der Waals surface area contributed by atoms with Crippen LogP contribution in [0.5, 0.6) is 0 Å². The van der Waals surface area contributed by atoms with Crippen LogP contribution < -0.4 is 5.73 Å². The lowest BCUT2D eigenvalue weighted by molar-refractivity contribution is -0.143. The van der Waals surface area contributed by atoms with Gasteiger partial charge >= 0.3 is 5.97 Å². The molecule has 0 heterocycles. The molecule has 2 saturated carbocycles. The largest absolute Gasteiger partial charge is 0.481 e. The maximum atomic E-state index is 10.7. The Kier molecular flexibility index (Phi) is 1.65. The molecule has 2 aliphatic carbocycles. The smallest absolute Gasteiger partial charge is 0.306 e. The van der Waals surface area contributed by atoms with Crippen molar-refractivity contribution in [1.82, 2.24) is 0 Å². The van der Waals surface area contributed by atoms with Crippen LogP contribution in [0, 0.1) is 11.3 Å². The second-order valence-corrected chi connectivity index (χ2v) is 4.30. The van der Waals surface area contributed by atoms with E-state index in [2.05, 4.69) is 0 Å². The van der Waals surface area contributed by atoms with Crippen LogP contribution in [0.3, 0.4) is 0 Å². The van der Waals surface area contributed by atoms with Crippen LogP contribution in [0.25, 0.3) is 0 Å². The maximum absolute atomic E-state index is 10.7. The highest BCUT2D eigenvalue weighted by Crippen LogP contribution is 2.56. The van der Waals surface area contributed by atoms with Gasteiger partial charge in [0, 0.05) is 6.04 Å². The molecule has 3 nitrogen and oxygen atoms in total. The fourth-order valence-electron chi connectivity index (χ4n) is 2.51. The third kappa shape index (κ3) is 1.12. The van der Waals surface area contributed by atoms with E-state index in [1.807, 2.05) is 0 Å². The Morgan fingerprint density at radius 2 is 2.17 bits per heavy atom. The van der Waals surface area contributed by atoms with Crippen LogP contribution in [0.4, 0.5) is 0 Å². The molecule has 2 rings (SSSR count). The van der Waals surface area contributed by atoms with Gasteiger partial charge in [-0.05, 0) is 31.1 Å². The van der Waals surface area contributed by atoms with Gasteiger partial charge in [-0.25, -0.2) is 0 Å². The van der Waals surface area contributed by atoms with E-state index < -0.39 is 5.97 Å². The van der Waals surface area contributed by atoms with E-state index in [1.165, 1.54) is 0 Å². The van der Waals surface area contributed by atoms with Crippen molar-refractivity contribution in [3.05, 3.63) is 0 Å². The molecule has 2 fully saturated rings. The number of carboxylic acids is 1. The summed E-state index contributed by atoms with van der Waals surface area (Å²) in [7, 11) is 0. The van der Waals surface area contributed by atoms with Gasteiger partial charge < -0.3 is 10.8 Å². The Morgan fingerprint density at radius 1 is 1.50 bits per heavy atom. The van der Waals surface area contributed by atoms with Crippen LogP contribution in [0.1, 0.15) is 32.1 Å². The Hall–Kier alpha value is -0.570. The molecule has 3 atom stereocenters. The highest BCUT2D eigenvalue weighted by Gasteiger charge is 2.54. The van der Waals surface area contributed by atoms with Gasteiger partial charge in [-0.15, -0.1) is 0 Å². The summed E-state index contributed by atoms with van der Waals surface area (Å²) < 4.78 is 0. The summed E-state index contributed by atoms with van der Waals surface area (Å²) in [4.78, 5) is 10.7. The van der Waals surface area contributed by atoms with Gasteiger partial charge in [0.25, 0.3) is 0 Å². The molecular formula is C9H15NO2. The molecule has 0 aromatic heterocycles. The first kappa shape index (κ1) is 8.05. The minimum Gasteiger partial charge on any atom is -0.481 e. The number of hydrogen-bond acceptors (Lipinski definition) is 2. The van der Waals surface area contributed by atoms with Crippen molar-refractivity contribution >= 4 is 5.97 Å². The molecule has 0 aromatic carbocycles. The molecule has 0 aromatic rings. The fraction of sp³-hybridized carbons (Fsp3) is 0.889. The zero-order chi connectivity index (χ0) is 8.77. The van der Waals surface area contributed by atoms with Crippen LogP contribution in [0.2, 0.25) is 0 Å². The molecule has 0 aliphatic heterocycles. The average molecular weight is 169 g/mol. The summed E-state index contributed by atoms with van der Waals surface area (Å²) in [5.74, 6) is -0.750. The molecule has 68 valence electrons. The molecule has 0 bridgehead atoms. The molecule has 3 N–H and O–H groups in total. The Morgan fingerprint density at radius 3 is 2.67 bits per heavy atom. The molecule has 0 saturated heterocycles. The zero-order valence-electron chi connectivity index (χ0n) is 7.12. The lowest BCUT2D eigenvalue weighted by atomic mass is 9.78. The summed E-state index contributed by atoms with van der Waals surface area (Å²) in [6.45, 7) is 0. The second-order valence-electron chi connectivity index (χ2n) is 4.30. The predicted octanol–water partition coefficient (Wildman–Crippen LogP) is 0.979. The zero-order valence-corrected chi connectivity index (χ0v) is 7.12. The number of carbonyl (C=O) groups is 1.